The Labute approximate surface area is 97.1 Å². The standard InChI is InChI=1S/C10H12N6O/c1-13-10(17)16-5-14-8-6(15-9(11)12)3-2-4-7(8)16/h2-5H,1H3,(H,13,17)(H4,11,12,15). The van der Waals surface area contributed by atoms with E-state index >= 15 is 0 Å². The van der Waals surface area contributed by atoms with Crippen LogP contribution in [0.1, 0.15) is 0 Å². The lowest BCUT2D eigenvalue weighted by Gasteiger charge is -2.01. The second-order valence-electron chi connectivity index (χ2n) is 3.35. The monoisotopic (exact) mass is 232 g/mol. The maximum absolute atomic E-state index is 11.5. The van der Waals surface area contributed by atoms with Crippen LogP contribution in [0, 0.1) is 0 Å². The molecule has 1 amide bonds. The Morgan fingerprint density at radius 3 is 2.88 bits per heavy atom. The summed E-state index contributed by atoms with van der Waals surface area (Å²) in [7, 11) is 1.55. The van der Waals surface area contributed by atoms with Crippen molar-refractivity contribution >= 4 is 28.7 Å². The van der Waals surface area contributed by atoms with Crippen LogP contribution in [0.15, 0.2) is 29.5 Å². The van der Waals surface area contributed by atoms with Crippen LogP contribution in [0.3, 0.4) is 0 Å². The molecule has 0 aliphatic rings. The molecule has 0 spiro atoms. The highest BCUT2D eigenvalue weighted by atomic mass is 16.2. The number of para-hydroxylation sites is 1. The summed E-state index contributed by atoms with van der Waals surface area (Å²) < 4.78 is 1.39. The number of carbonyl (C=O) groups excluding carboxylic acids is 1. The minimum atomic E-state index is -0.269. The fraction of sp³-hybridized carbons (Fsp3) is 0.100. The molecule has 17 heavy (non-hydrogen) atoms. The molecule has 0 radical (unpaired) electrons. The maximum atomic E-state index is 11.5. The Bertz CT molecular complexity index is 596. The molecule has 0 unspecified atom stereocenters. The van der Waals surface area contributed by atoms with Crippen LogP contribution in [0.5, 0.6) is 0 Å². The molecule has 1 aromatic heterocycles. The molecule has 0 saturated heterocycles. The smallest absolute Gasteiger partial charge is 0.327 e. The third-order valence-electron chi connectivity index (χ3n) is 2.24. The first kappa shape index (κ1) is 10.9. The molecule has 1 heterocycles. The number of aliphatic imine (C=N–C) groups is 1. The molecule has 0 bridgehead atoms. The predicted molar refractivity (Wildman–Crippen MR) is 65.1 cm³/mol. The van der Waals surface area contributed by atoms with E-state index < -0.39 is 0 Å². The zero-order chi connectivity index (χ0) is 12.4. The van der Waals surface area contributed by atoms with Crippen molar-refractivity contribution in [2.75, 3.05) is 7.05 Å². The van der Waals surface area contributed by atoms with Gasteiger partial charge in [-0.3, -0.25) is 4.57 Å². The summed E-state index contributed by atoms with van der Waals surface area (Å²) in [5.41, 5.74) is 12.4. The second kappa shape index (κ2) is 4.12. The van der Waals surface area contributed by atoms with Crippen LogP contribution in [-0.2, 0) is 0 Å². The lowest BCUT2D eigenvalue weighted by atomic mass is 10.2. The number of nitrogens with zero attached hydrogens (tertiary/aromatic N) is 3. The lowest BCUT2D eigenvalue weighted by Crippen LogP contribution is -2.23. The number of amides is 1. The Kier molecular flexibility index (Phi) is 2.65. The number of aromatic nitrogens is 2. The first-order valence-electron chi connectivity index (χ1n) is 4.91. The van der Waals surface area contributed by atoms with Gasteiger partial charge in [0.1, 0.15) is 11.8 Å². The van der Waals surface area contributed by atoms with E-state index in [2.05, 4.69) is 15.3 Å². The molecule has 1 aromatic carbocycles. The van der Waals surface area contributed by atoms with Crippen LogP contribution >= 0.6 is 0 Å². The van der Waals surface area contributed by atoms with Crippen LogP contribution in [-0.4, -0.2) is 28.6 Å². The predicted octanol–water partition coefficient (Wildman–Crippen LogP) is 0.129. The topological polar surface area (TPSA) is 111 Å². The number of hydrogen-bond acceptors (Lipinski definition) is 3. The molecule has 7 nitrogen and oxygen atoms in total. The third-order valence-corrected chi connectivity index (χ3v) is 2.24. The Morgan fingerprint density at radius 2 is 2.24 bits per heavy atom. The maximum Gasteiger partial charge on any atom is 0.327 e. The molecule has 0 atom stereocenters. The van der Waals surface area contributed by atoms with E-state index in [1.165, 1.54) is 10.9 Å². The van der Waals surface area contributed by atoms with Crippen LogP contribution < -0.4 is 16.8 Å². The van der Waals surface area contributed by atoms with Gasteiger partial charge in [-0.2, -0.15) is 0 Å². The van der Waals surface area contributed by atoms with Gasteiger partial charge < -0.3 is 16.8 Å². The first-order chi connectivity index (χ1) is 8.13. The summed E-state index contributed by atoms with van der Waals surface area (Å²) in [5.74, 6) is -0.0491. The Balaban J connectivity index is 2.65. The number of hydrogen-bond donors (Lipinski definition) is 3. The average Bonchev–Trinajstić information content (AvgIpc) is 2.72. The van der Waals surface area contributed by atoms with Crippen molar-refractivity contribution < 1.29 is 4.79 Å². The Morgan fingerprint density at radius 1 is 1.47 bits per heavy atom. The fourth-order valence-corrected chi connectivity index (χ4v) is 1.54. The summed E-state index contributed by atoms with van der Waals surface area (Å²) in [6.07, 6.45) is 1.43. The molecule has 7 heteroatoms. The van der Waals surface area contributed by atoms with Gasteiger partial charge in [0.15, 0.2) is 5.96 Å². The van der Waals surface area contributed by atoms with Crippen molar-refractivity contribution in [3.05, 3.63) is 24.5 Å². The van der Waals surface area contributed by atoms with Crippen molar-refractivity contribution in [3.63, 3.8) is 0 Å². The number of benzene rings is 1. The van der Waals surface area contributed by atoms with Crippen LogP contribution in [0.2, 0.25) is 0 Å². The quantitative estimate of drug-likeness (QED) is 0.479. The summed E-state index contributed by atoms with van der Waals surface area (Å²) in [5, 5.41) is 2.52. The molecule has 0 aliphatic carbocycles. The van der Waals surface area contributed by atoms with Gasteiger partial charge in [0.25, 0.3) is 0 Å². The average molecular weight is 232 g/mol. The number of carbonyl (C=O) groups is 1. The molecular formula is C10H12N6O. The molecule has 2 rings (SSSR count). The second-order valence-corrected chi connectivity index (χ2v) is 3.35. The summed E-state index contributed by atoms with van der Waals surface area (Å²) in [4.78, 5) is 19.6. The normalized spacial score (nSPS) is 10.2. The van der Waals surface area contributed by atoms with Crippen molar-refractivity contribution in [2.45, 2.75) is 0 Å². The van der Waals surface area contributed by atoms with Gasteiger partial charge in [0.05, 0.1) is 11.2 Å². The molecule has 0 saturated carbocycles. The van der Waals surface area contributed by atoms with E-state index in [0.29, 0.717) is 16.7 Å². The summed E-state index contributed by atoms with van der Waals surface area (Å²) in [6, 6.07) is 4.98. The SMILES string of the molecule is CNC(=O)n1cnc2c(N=C(N)N)cccc21. The number of imidazole rings is 1. The highest BCUT2D eigenvalue weighted by Gasteiger charge is 2.10. The number of fused-ring (bicyclic) bond motifs is 1. The van der Waals surface area contributed by atoms with Gasteiger partial charge in [-0.25, -0.2) is 14.8 Å². The number of rotatable bonds is 1. The van der Waals surface area contributed by atoms with Crippen molar-refractivity contribution in [3.8, 4) is 0 Å². The van der Waals surface area contributed by atoms with Gasteiger partial charge in [0.2, 0.25) is 0 Å². The van der Waals surface area contributed by atoms with E-state index in [1.54, 1.807) is 25.2 Å². The molecular weight excluding hydrogens is 220 g/mol. The van der Waals surface area contributed by atoms with Crippen LogP contribution in [0.25, 0.3) is 11.0 Å². The zero-order valence-corrected chi connectivity index (χ0v) is 9.21. The zero-order valence-electron chi connectivity index (χ0n) is 9.21. The fourth-order valence-electron chi connectivity index (χ4n) is 1.54. The van der Waals surface area contributed by atoms with E-state index in [9.17, 15) is 4.79 Å². The van der Waals surface area contributed by atoms with Crippen molar-refractivity contribution in [1.29, 1.82) is 0 Å². The first-order valence-corrected chi connectivity index (χ1v) is 4.91. The summed E-state index contributed by atoms with van der Waals surface area (Å²) >= 11 is 0. The highest BCUT2D eigenvalue weighted by Crippen LogP contribution is 2.24. The molecule has 2 aromatic rings. The van der Waals surface area contributed by atoms with Gasteiger partial charge in [-0.15, -0.1) is 0 Å². The highest BCUT2D eigenvalue weighted by molar-refractivity contribution is 5.95. The number of nitrogens with one attached hydrogen (secondary N) is 1. The largest absolute Gasteiger partial charge is 0.370 e. The number of guanidine groups is 1. The third kappa shape index (κ3) is 1.89. The molecule has 5 N–H and O–H groups in total. The molecule has 0 aliphatic heterocycles. The van der Waals surface area contributed by atoms with E-state index in [4.69, 9.17) is 11.5 Å². The van der Waals surface area contributed by atoms with Gasteiger partial charge >= 0.3 is 6.03 Å². The minimum absolute atomic E-state index is 0.0491. The van der Waals surface area contributed by atoms with E-state index in [-0.39, 0.29) is 12.0 Å². The minimum Gasteiger partial charge on any atom is -0.370 e. The molecule has 88 valence electrons. The van der Waals surface area contributed by atoms with Gasteiger partial charge in [-0.05, 0) is 12.1 Å². The van der Waals surface area contributed by atoms with Crippen molar-refractivity contribution in [1.82, 2.24) is 14.9 Å². The summed E-state index contributed by atoms with van der Waals surface area (Å²) in [6.45, 7) is 0. The van der Waals surface area contributed by atoms with Gasteiger partial charge in [-0.1, -0.05) is 6.07 Å². The van der Waals surface area contributed by atoms with Gasteiger partial charge in [0, 0.05) is 7.05 Å². The van der Waals surface area contributed by atoms with E-state index in [1.807, 2.05) is 0 Å². The molecule has 0 fully saturated rings. The Hall–Kier alpha value is -2.57. The number of nitrogens with two attached hydrogens (primary N) is 2. The van der Waals surface area contributed by atoms with Crippen LogP contribution in [0.4, 0.5) is 10.5 Å². The lowest BCUT2D eigenvalue weighted by molar-refractivity contribution is 0.245. The van der Waals surface area contributed by atoms with Crippen molar-refractivity contribution in [2.24, 2.45) is 16.5 Å². The van der Waals surface area contributed by atoms with E-state index in [0.717, 1.165) is 0 Å².